The van der Waals surface area contributed by atoms with Crippen LogP contribution in [-0.2, 0) is 6.54 Å². The van der Waals surface area contributed by atoms with Crippen LogP contribution >= 0.6 is 15.9 Å². The van der Waals surface area contributed by atoms with Crippen molar-refractivity contribution in [1.82, 2.24) is 19.7 Å². The van der Waals surface area contributed by atoms with Crippen molar-refractivity contribution in [2.24, 2.45) is 0 Å². The minimum atomic E-state index is -0.155. The van der Waals surface area contributed by atoms with Gasteiger partial charge in [-0.3, -0.25) is 9.36 Å². The molecule has 0 aliphatic heterocycles. The van der Waals surface area contributed by atoms with Gasteiger partial charge in [-0.1, -0.05) is 5.16 Å². The van der Waals surface area contributed by atoms with E-state index < -0.39 is 0 Å². The summed E-state index contributed by atoms with van der Waals surface area (Å²) < 4.78 is 6.98. The van der Waals surface area contributed by atoms with E-state index in [1.807, 2.05) is 0 Å². The lowest BCUT2D eigenvalue weighted by Crippen LogP contribution is -2.21. The van der Waals surface area contributed by atoms with Crippen LogP contribution in [0.1, 0.15) is 30.5 Å². The van der Waals surface area contributed by atoms with Gasteiger partial charge >= 0.3 is 0 Å². The zero-order chi connectivity index (χ0) is 11.8. The summed E-state index contributed by atoms with van der Waals surface area (Å²) >= 11 is 3.14. The van der Waals surface area contributed by atoms with E-state index in [4.69, 9.17) is 4.52 Å². The molecule has 0 saturated heterocycles. The minimum Gasteiger partial charge on any atom is -0.339 e. The molecular weight excluding hydrogens is 288 g/mol. The number of aromatic nitrogens is 4. The van der Waals surface area contributed by atoms with E-state index in [2.05, 4.69) is 31.1 Å². The Hall–Kier alpha value is -1.50. The van der Waals surface area contributed by atoms with Crippen molar-refractivity contribution >= 4 is 15.9 Å². The highest BCUT2D eigenvalue weighted by atomic mass is 79.9. The van der Waals surface area contributed by atoms with Gasteiger partial charge in [-0.05, 0) is 28.8 Å². The minimum absolute atomic E-state index is 0.155. The number of halogens is 1. The van der Waals surface area contributed by atoms with Crippen molar-refractivity contribution in [2.75, 3.05) is 0 Å². The number of rotatable bonds is 3. The van der Waals surface area contributed by atoms with Gasteiger partial charge in [0.1, 0.15) is 4.47 Å². The van der Waals surface area contributed by atoms with Crippen LogP contribution in [0.25, 0.3) is 0 Å². The molecule has 1 aliphatic carbocycles. The fourth-order valence-electron chi connectivity index (χ4n) is 1.52. The lowest BCUT2D eigenvalue weighted by atomic mass is 10.4. The summed E-state index contributed by atoms with van der Waals surface area (Å²) in [6.07, 6.45) is 5.14. The van der Waals surface area contributed by atoms with Crippen LogP contribution in [-0.4, -0.2) is 19.7 Å². The zero-order valence-corrected chi connectivity index (χ0v) is 10.4. The van der Waals surface area contributed by atoms with E-state index in [9.17, 15) is 4.79 Å². The molecule has 0 amide bonds. The quantitative estimate of drug-likeness (QED) is 0.854. The molecule has 2 aromatic rings. The molecule has 0 atom stereocenters. The van der Waals surface area contributed by atoms with Crippen molar-refractivity contribution in [2.45, 2.75) is 25.3 Å². The summed E-state index contributed by atoms with van der Waals surface area (Å²) in [4.78, 5) is 19.9. The first-order chi connectivity index (χ1) is 8.24. The fourth-order valence-corrected chi connectivity index (χ4v) is 1.86. The second-order valence-corrected chi connectivity index (χ2v) is 4.85. The van der Waals surface area contributed by atoms with Crippen LogP contribution < -0.4 is 5.56 Å². The molecule has 2 heterocycles. The molecule has 2 aromatic heterocycles. The van der Waals surface area contributed by atoms with E-state index in [0.29, 0.717) is 22.1 Å². The Labute approximate surface area is 105 Å². The molecule has 1 aliphatic rings. The first-order valence-electron chi connectivity index (χ1n) is 5.26. The van der Waals surface area contributed by atoms with Crippen LogP contribution in [0.4, 0.5) is 0 Å². The Balaban J connectivity index is 1.85. The molecular formula is C10H9BrN4O2. The van der Waals surface area contributed by atoms with E-state index in [1.165, 1.54) is 17.1 Å². The molecule has 0 spiro atoms. The summed E-state index contributed by atoms with van der Waals surface area (Å²) in [5, 5.41) is 3.85. The second-order valence-electron chi connectivity index (χ2n) is 4.00. The Morgan fingerprint density at radius 3 is 3.12 bits per heavy atom. The standard InChI is InChI=1S/C10H9BrN4O2/c11-7-3-12-5-15(10(7)16)4-8-13-9(17-14-8)6-1-2-6/h3,5-6H,1-2,4H2. The van der Waals surface area contributed by atoms with E-state index in [-0.39, 0.29) is 12.1 Å². The smallest absolute Gasteiger partial charge is 0.268 e. The van der Waals surface area contributed by atoms with Crippen molar-refractivity contribution in [3.05, 3.63) is 39.1 Å². The van der Waals surface area contributed by atoms with Gasteiger partial charge in [-0.25, -0.2) is 4.98 Å². The molecule has 7 heteroatoms. The van der Waals surface area contributed by atoms with Crippen LogP contribution in [0.3, 0.4) is 0 Å². The third kappa shape index (κ3) is 2.14. The fraction of sp³-hybridized carbons (Fsp3) is 0.400. The molecule has 3 rings (SSSR count). The largest absolute Gasteiger partial charge is 0.339 e. The monoisotopic (exact) mass is 296 g/mol. The molecule has 6 nitrogen and oxygen atoms in total. The predicted octanol–water partition coefficient (Wildman–Crippen LogP) is 1.31. The number of hydrogen-bond acceptors (Lipinski definition) is 5. The maximum Gasteiger partial charge on any atom is 0.268 e. The first-order valence-corrected chi connectivity index (χ1v) is 6.06. The topological polar surface area (TPSA) is 73.8 Å². The predicted molar refractivity (Wildman–Crippen MR) is 61.6 cm³/mol. The summed E-state index contributed by atoms with van der Waals surface area (Å²) in [6, 6.07) is 0. The molecule has 1 fully saturated rings. The Bertz CT molecular complexity index is 602. The lowest BCUT2D eigenvalue weighted by Gasteiger charge is -2.00. The lowest BCUT2D eigenvalue weighted by molar-refractivity contribution is 0.372. The molecule has 0 unspecified atom stereocenters. The van der Waals surface area contributed by atoms with Crippen molar-refractivity contribution in [1.29, 1.82) is 0 Å². The highest BCUT2D eigenvalue weighted by Gasteiger charge is 2.29. The van der Waals surface area contributed by atoms with Gasteiger partial charge in [0.25, 0.3) is 5.56 Å². The maximum atomic E-state index is 11.7. The van der Waals surface area contributed by atoms with Crippen LogP contribution in [0.5, 0.6) is 0 Å². The van der Waals surface area contributed by atoms with Gasteiger partial charge in [0.2, 0.25) is 5.89 Å². The molecule has 0 radical (unpaired) electrons. The molecule has 1 saturated carbocycles. The van der Waals surface area contributed by atoms with E-state index in [1.54, 1.807) is 0 Å². The van der Waals surface area contributed by atoms with E-state index >= 15 is 0 Å². The summed E-state index contributed by atoms with van der Waals surface area (Å²) in [5.41, 5.74) is -0.155. The van der Waals surface area contributed by atoms with Crippen LogP contribution in [0.2, 0.25) is 0 Å². The van der Waals surface area contributed by atoms with Gasteiger partial charge < -0.3 is 4.52 Å². The van der Waals surface area contributed by atoms with Crippen LogP contribution in [0.15, 0.2) is 26.3 Å². The molecule has 0 bridgehead atoms. The van der Waals surface area contributed by atoms with Gasteiger partial charge in [0.15, 0.2) is 5.82 Å². The Morgan fingerprint density at radius 2 is 2.35 bits per heavy atom. The Morgan fingerprint density at radius 1 is 1.53 bits per heavy atom. The van der Waals surface area contributed by atoms with Crippen LogP contribution in [0, 0.1) is 0 Å². The van der Waals surface area contributed by atoms with Crippen molar-refractivity contribution in [3.63, 3.8) is 0 Å². The van der Waals surface area contributed by atoms with Gasteiger partial charge in [-0.15, -0.1) is 0 Å². The third-order valence-corrected chi connectivity index (χ3v) is 3.13. The zero-order valence-electron chi connectivity index (χ0n) is 8.84. The summed E-state index contributed by atoms with van der Waals surface area (Å²) in [7, 11) is 0. The highest BCUT2D eigenvalue weighted by Crippen LogP contribution is 2.38. The van der Waals surface area contributed by atoms with Crippen molar-refractivity contribution in [3.8, 4) is 0 Å². The van der Waals surface area contributed by atoms with Gasteiger partial charge in [0, 0.05) is 12.1 Å². The average Bonchev–Trinajstić information content (AvgIpc) is 3.06. The van der Waals surface area contributed by atoms with Gasteiger partial charge in [0.05, 0.1) is 12.9 Å². The average molecular weight is 297 g/mol. The number of hydrogen-bond donors (Lipinski definition) is 0. The second kappa shape index (κ2) is 4.06. The highest BCUT2D eigenvalue weighted by molar-refractivity contribution is 9.10. The maximum absolute atomic E-state index is 11.7. The SMILES string of the molecule is O=c1c(Br)cncn1Cc1noc(C2CC2)n1. The molecule has 88 valence electrons. The normalized spacial score (nSPS) is 15.1. The molecule has 17 heavy (non-hydrogen) atoms. The van der Waals surface area contributed by atoms with Crippen molar-refractivity contribution < 1.29 is 4.52 Å². The third-order valence-electron chi connectivity index (χ3n) is 2.58. The number of nitrogens with zero attached hydrogens (tertiary/aromatic N) is 4. The summed E-state index contributed by atoms with van der Waals surface area (Å²) in [5.74, 6) is 1.61. The summed E-state index contributed by atoms with van der Waals surface area (Å²) in [6.45, 7) is 0.279. The first kappa shape index (κ1) is 10.6. The molecule has 0 aromatic carbocycles. The van der Waals surface area contributed by atoms with Gasteiger partial charge in [-0.2, -0.15) is 4.98 Å². The Kier molecular flexibility index (Phi) is 2.54. The van der Waals surface area contributed by atoms with E-state index in [0.717, 1.165) is 12.8 Å². The molecule has 0 N–H and O–H groups in total.